The predicted molar refractivity (Wildman–Crippen MR) is 149 cm³/mol. The van der Waals surface area contributed by atoms with Gasteiger partial charge in [-0.2, -0.15) is 20.4 Å². The zero-order valence-electron chi connectivity index (χ0n) is 18.1. The number of hydrogen-bond acceptors (Lipinski definition) is 8. The second-order valence-electron chi connectivity index (χ2n) is 6.30. The molecule has 0 saturated heterocycles. The maximum atomic E-state index is 5.10. The van der Waals surface area contributed by atoms with Gasteiger partial charge in [-0.1, -0.05) is 68.3 Å². The molecule has 11 heteroatoms. The van der Waals surface area contributed by atoms with Gasteiger partial charge in [0.1, 0.15) is 11.5 Å². The quantitative estimate of drug-likeness (QED) is 0.0744. The van der Waals surface area contributed by atoms with Crippen LogP contribution in [0, 0.1) is 0 Å². The third-order valence-electron chi connectivity index (χ3n) is 3.97. The summed E-state index contributed by atoms with van der Waals surface area (Å²) in [7, 11) is 0. The minimum atomic E-state index is 0. The van der Waals surface area contributed by atoms with E-state index in [0.717, 1.165) is 20.1 Å². The molecule has 0 aliphatic heterocycles. The molecule has 6 nitrogen and oxygen atoms in total. The first kappa shape index (κ1) is 28.9. The van der Waals surface area contributed by atoms with Gasteiger partial charge < -0.3 is 34.1 Å². The number of halogens is 2. The summed E-state index contributed by atoms with van der Waals surface area (Å²) >= 11 is 16.9. The molecule has 172 valence electrons. The van der Waals surface area contributed by atoms with Crippen molar-refractivity contribution in [1.29, 1.82) is 0 Å². The van der Waals surface area contributed by atoms with Gasteiger partial charge in [0, 0.05) is 20.1 Å². The molecule has 0 atom stereocenters. The van der Waals surface area contributed by atoms with Crippen molar-refractivity contribution in [2.75, 3.05) is 0 Å². The smallest absolute Gasteiger partial charge is 0.755 e. The number of hydrogen-bond donors (Lipinski definition) is 0. The van der Waals surface area contributed by atoms with Crippen LogP contribution in [0.15, 0.2) is 124 Å². The molecule has 2 aromatic heterocycles. The van der Waals surface area contributed by atoms with E-state index < -0.39 is 0 Å². The largest absolute Gasteiger partial charge is 2.00 e. The van der Waals surface area contributed by atoms with E-state index in [1.807, 2.05) is 48.5 Å². The summed E-state index contributed by atoms with van der Waals surface area (Å²) in [5.41, 5.74) is 1.89. The Morgan fingerprint density at radius 3 is 1.37 bits per heavy atom. The van der Waals surface area contributed by atoms with Crippen LogP contribution < -0.4 is 0 Å². The first-order valence-corrected chi connectivity index (χ1v) is 12.1. The summed E-state index contributed by atoms with van der Waals surface area (Å²) in [6.45, 7) is 0. The maximum Gasteiger partial charge on any atom is 2.00 e. The molecule has 2 aromatic carbocycles. The van der Waals surface area contributed by atoms with Gasteiger partial charge in [-0.3, -0.25) is 0 Å². The second-order valence-corrected chi connectivity index (χ2v) is 8.78. The average molecular weight is 682 g/mol. The third-order valence-corrected chi connectivity index (χ3v) is 5.98. The van der Waals surface area contributed by atoms with Crippen LogP contribution in [0.5, 0.6) is 0 Å². The van der Waals surface area contributed by atoms with Crippen molar-refractivity contribution in [3.8, 4) is 0 Å². The Morgan fingerprint density at radius 2 is 1.03 bits per heavy atom. The van der Waals surface area contributed by atoms with Gasteiger partial charge in [0.2, 0.25) is 0 Å². The van der Waals surface area contributed by atoms with Gasteiger partial charge in [0.15, 0.2) is 0 Å². The molecule has 0 aliphatic rings. The molecule has 0 N–H and O–H groups in total. The van der Waals surface area contributed by atoms with Crippen LogP contribution in [0.25, 0.3) is 0 Å². The Hall–Kier alpha value is -2.30. The van der Waals surface area contributed by atoms with Crippen molar-refractivity contribution >= 4 is 79.6 Å². The van der Waals surface area contributed by atoms with Crippen molar-refractivity contribution in [1.82, 2.24) is 0 Å². The van der Waals surface area contributed by atoms with E-state index in [4.69, 9.17) is 34.1 Å². The summed E-state index contributed by atoms with van der Waals surface area (Å²) in [5, 5.41) is 16.3. The number of rotatable bonds is 6. The van der Waals surface area contributed by atoms with Crippen molar-refractivity contribution in [2.45, 2.75) is 0 Å². The average Bonchev–Trinajstić information content (AvgIpc) is 3.57. The SMILES string of the molecule is [S-]/C(=N\N=C\c1ccccc1Br)c1ccco1.[S-]/C(=N\N=C\c1ccccc1Br)c1ccco1.[Zn+2]. The second kappa shape index (κ2) is 15.6. The monoisotopic (exact) mass is 678 g/mol. The molecule has 35 heavy (non-hydrogen) atoms. The van der Waals surface area contributed by atoms with Crippen LogP contribution in [0.1, 0.15) is 22.6 Å². The molecule has 0 amide bonds. The van der Waals surface area contributed by atoms with Crippen LogP contribution in [-0.2, 0) is 44.7 Å². The van der Waals surface area contributed by atoms with Crippen molar-refractivity contribution < 1.29 is 28.3 Å². The Morgan fingerprint density at radius 1 is 0.629 bits per heavy atom. The minimum Gasteiger partial charge on any atom is -0.755 e. The van der Waals surface area contributed by atoms with E-state index in [9.17, 15) is 0 Å². The summed E-state index contributed by atoms with van der Waals surface area (Å²) in [6.07, 6.45) is 6.38. The molecular formula is C24H16Br2N4O2S2Zn. The number of nitrogens with zero attached hydrogens (tertiary/aromatic N) is 4. The number of benzene rings is 2. The standard InChI is InChI=1S/2C12H9BrN2OS.Zn/c2*13-10-5-2-1-4-9(10)8-14-15-12(17)11-6-3-7-16-11;/h2*1-8H,(H,15,17);/q;;+2/p-2/b2*14-8+;. The molecule has 0 fully saturated rings. The van der Waals surface area contributed by atoms with Crippen LogP contribution in [-0.4, -0.2) is 22.5 Å². The Labute approximate surface area is 243 Å². The van der Waals surface area contributed by atoms with Gasteiger partial charge in [-0.05, 0) is 46.5 Å². The van der Waals surface area contributed by atoms with Crippen LogP contribution >= 0.6 is 31.9 Å². The van der Waals surface area contributed by atoms with Crippen LogP contribution in [0.3, 0.4) is 0 Å². The summed E-state index contributed by atoms with van der Waals surface area (Å²) in [4.78, 5) is 0. The van der Waals surface area contributed by atoms with E-state index in [2.05, 4.69) is 52.3 Å². The van der Waals surface area contributed by atoms with E-state index in [0.29, 0.717) is 21.6 Å². The minimum absolute atomic E-state index is 0. The van der Waals surface area contributed by atoms with Gasteiger partial charge in [0.05, 0.1) is 25.0 Å². The number of furan rings is 2. The molecule has 0 bridgehead atoms. The van der Waals surface area contributed by atoms with Gasteiger partial charge in [0.25, 0.3) is 0 Å². The van der Waals surface area contributed by atoms with E-state index in [-0.39, 0.29) is 19.5 Å². The topological polar surface area (TPSA) is 75.7 Å². The molecule has 0 aliphatic carbocycles. The fraction of sp³-hybridized carbons (Fsp3) is 0. The van der Waals surface area contributed by atoms with Gasteiger partial charge >= 0.3 is 19.5 Å². The molecule has 0 spiro atoms. The summed E-state index contributed by atoms with van der Waals surface area (Å²) in [5.74, 6) is 1.09. The Bertz CT molecular complexity index is 1210. The maximum absolute atomic E-state index is 5.10. The van der Waals surface area contributed by atoms with Gasteiger partial charge in [-0.25, -0.2) is 0 Å². The predicted octanol–water partition coefficient (Wildman–Crippen LogP) is 6.74. The Kier molecular flexibility index (Phi) is 12.9. The van der Waals surface area contributed by atoms with Crippen molar-refractivity contribution in [3.63, 3.8) is 0 Å². The zero-order valence-corrected chi connectivity index (χ0v) is 25.9. The van der Waals surface area contributed by atoms with E-state index >= 15 is 0 Å². The first-order valence-electron chi connectivity index (χ1n) is 9.67. The molecule has 0 unspecified atom stereocenters. The first-order chi connectivity index (χ1) is 16.5. The molecular weight excluding hydrogens is 666 g/mol. The van der Waals surface area contributed by atoms with E-state index in [1.54, 1.807) is 49.2 Å². The van der Waals surface area contributed by atoms with Gasteiger partial charge in [-0.15, -0.1) is 0 Å². The van der Waals surface area contributed by atoms with Crippen molar-refractivity contribution in [2.24, 2.45) is 20.4 Å². The molecule has 0 radical (unpaired) electrons. The fourth-order valence-corrected chi connectivity index (χ4v) is 3.45. The fourth-order valence-electron chi connectivity index (χ4n) is 2.35. The molecule has 0 saturated carbocycles. The van der Waals surface area contributed by atoms with Crippen molar-refractivity contribution in [3.05, 3.63) is 117 Å². The third kappa shape index (κ3) is 9.70. The van der Waals surface area contributed by atoms with E-state index in [1.165, 1.54) is 0 Å². The molecule has 2 heterocycles. The summed E-state index contributed by atoms with van der Waals surface area (Å²) < 4.78 is 12.1. The molecule has 4 aromatic rings. The summed E-state index contributed by atoms with van der Waals surface area (Å²) in [6, 6.07) is 22.5. The van der Waals surface area contributed by atoms with Crippen LogP contribution in [0.2, 0.25) is 0 Å². The molecule has 4 rings (SSSR count). The normalized spacial score (nSPS) is 11.8. The Balaban J connectivity index is 0.000000240. The van der Waals surface area contributed by atoms with Crippen LogP contribution in [0.4, 0.5) is 0 Å². The zero-order chi connectivity index (χ0) is 24.2.